The van der Waals surface area contributed by atoms with E-state index in [1.807, 2.05) is 12.1 Å². The molecule has 1 heteroatoms. The van der Waals surface area contributed by atoms with Crippen molar-refractivity contribution >= 4 is 0 Å². The van der Waals surface area contributed by atoms with E-state index in [2.05, 4.69) is 13.0 Å². The molecule has 0 saturated heterocycles. The van der Waals surface area contributed by atoms with Crippen molar-refractivity contribution in [1.82, 2.24) is 0 Å². The van der Waals surface area contributed by atoms with Crippen molar-refractivity contribution < 1.29 is 4.39 Å². The van der Waals surface area contributed by atoms with Crippen molar-refractivity contribution in [2.45, 2.75) is 77.6 Å². The van der Waals surface area contributed by atoms with E-state index in [-0.39, 0.29) is 5.82 Å². The van der Waals surface area contributed by atoms with Crippen LogP contribution < -0.4 is 0 Å². The fourth-order valence-corrected chi connectivity index (χ4v) is 4.48. The van der Waals surface area contributed by atoms with Crippen LogP contribution in [0.1, 0.15) is 76.7 Å². The first-order valence-electron chi connectivity index (χ1n) is 10.1. The van der Waals surface area contributed by atoms with Gasteiger partial charge in [0.1, 0.15) is 5.82 Å². The van der Waals surface area contributed by atoms with Crippen LogP contribution in [0.25, 0.3) is 0 Å². The molecule has 0 bridgehead atoms. The predicted molar refractivity (Wildman–Crippen MR) is 101 cm³/mol. The van der Waals surface area contributed by atoms with Crippen LogP contribution in [0.15, 0.2) is 35.9 Å². The van der Waals surface area contributed by atoms with Crippen molar-refractivity contribution in [3.05, 3.63) is 47.3 Å². The van der Waals surface area contributed by atoms with Gasteiger partial charge in [0.2, 0.25) is 0 Å². The zero-order valence-electron chi connectivity index (χ0n) is 15.3. The minimum atomic E-state index is -0.133. The Kier molecular flexibility index (Phi) is 6.51. The van der Waals surface area contributed by atoms with Crippen molar-refractivity contribution in [1.29, 1.82) is 0 Å². The maximum Gasteiger partial charge on any atom is 0.123 e. The molecule has 0 radical (unpaired) electrons. The summed E-state index contributed by atoms with van der Waals surface area (Å²) < 4.78 is 12.9. The lowest BCUT2D eigenvalue weighted by molar-refractivity contribution is 0.256. The molecule has 0 nitrogen and oxygen atoms in total. The zero-order valence-corrected chi connectivity index (χ0v) is 15.3. The van der Waals surface area contributed by atoms with Crippen LogP contribution in [0, 0.1) is 23.6 Å². The minimum absolute atomic E-state index is 0.133. The Morgan fingerprint density at radius 3 is 2.25 bits per heavy atom. The second kappa shape index (κ2) is 8.83. The Labute approximate surface area is 147 Å². The number of allylic oxidation sites excluding steroid dienone is 2. The molecule has 1 saturated carbocycles. The molecule has 1 aromatic rings. The van der Waals surface area contributed by atoms with Gasteiger partial charge in [-0.25, -0.2) is 4.39 Å². The van der Waals surface area contributed by atoms with E-state index in [1.165, 1.54) is 63.4 Å². The van der Waals surface area contributed by atoms with Gasteiger partial charge < -0.3 is 0 Å². The monoisotopic (exact) mass is 328 g/mol. The van der Waals surface area contributed by atoms with E-state index < -0.39 is 0 Å². The fourth-order valence-electron chi connectivity index (χ4n) is 4.48. The van der Waals surface area contributed by atoms with Crippen LogP contribution >= 0.6 is 0 Å². The van der Waals surface area contributed by atoms with Gasteiger partial charge in [0, 0.05) is 0 Å². The molecule has 2 aliphatic carbocycles. The molecular weight excluding hydrogens is 295 g/mol. The third-order valence-electron chi connectivity index (χ3n) is 6.38. The minimum Gasteiger partial charge on any atom is -0.207 e. The maximum atomic E-state index is 12.9. The van der Waals surface area contributed by atoms with Crippen LogP contribution in [0.5, 0.6) is 0 Å². The summed E-state index contributed by atoms with van der Waals surface area (Å²) in [5.74, 6) is 2.79. The van der Waals surface area contributed by atoms with E-state index in [1.54, 1.807) is 17.7 Å². The van der Waals surface area contributed by atoms with E-state index in [9.17, 15) is 4.39 Å². The lowest BCUT2D eigenvalue weighted by Gasteiger charge is -2.28. The molecular formula is C23H33F. The van der Waals surface area contributed by atoms with Gasteiger partial charge in [0.15, 0.2) is 0 Å². The molecule has 0 aromatic heterocycles. The summed E-state index contributed by atoms with van der Waals surface area (Å²) >= 11 is 0. The Bertz CT molecular complexity index is 519. The first-order chi connectivity index (χ1) is 11.7. The lowest BCUT2D eigenvalue weighted by Crippen LogP contribution is -2.14. The number of hydrogen-bond donors (Lipinski definition) is 0. The highest BCUT2D eigenvalue weighted by Crippen LogP contribution is 2.35. The summed E-state index contributed by atoms with van der Waals surface area (Å²) in [4.78, 5) is 0. The van der Waals surface area contributed by atoms with E-state index >= 15 is 0 Å². The number of rotatable bonds is 6. The molecule has 3 rings (SSSR count). The first-order valence-corrected chi connectivity index (χ1v) is 10.1. The van der Waals surface area contributed by atoms with Crippen LogP contribution in [-0.2, 0) is 6.42 Å². The summed E-state index contributed by atoms with van der Waals surface area (Å²) in [6.07, 6.45) is 17.5. The van der Waals surface area contributed by atoms with Crippen LogP contribution in [0.4, 0.5) is 4.39 Å². The highest BCUT2D eigenvalue weighted by atomic mass is 19.1. The van der Waals surface area contributed by atoms with Gasteiger partial charge in [-0.3, -0.25) is 0 Å². The molecule has 0 amide bonds. The average Bonchev–Trinajstić information content (AvgIpc) is 2.62. The Balaban J connectivity index is 1.35. The van der Waals surface area contributed by atoms with Gasteiger partial charge >= 0.3 is 0 Å². The van der Waals surface area contributed by atoms with Crippen LogP contribution in [-0.4, -0.2) is 0 Å². The van der Waals surface area contributed by atoms with Gasteiger partial charge in [-0.05, 0) is 74.0 Å². The summed E-state index contributed by atoms with van der Waals surface area (Å²) in [5.41, 5.74) is 2.88. The Hall–Kier alpha value is -1.11. The van der Waals surface area contributed by atoms with Gasteiger partial charge in [-0.1, -0.05) is 62.8 Å². The summed E-state index contributed by atoms with van der Waals surface area (Å²) in [5, 5.41) is 0. The quantitative estimate of drug-likeness (QED) is 0.489. The third kappa shape index (κ3) is 5.46. The highest BCUT2D eigenvalue weighted by molar-refractivity contribution is 5.18. The first kappa shape index (κ1) is 17.7. The zero-order chi connectivity index (χ0) is 16.8. The fraction of sp³-hybridized carbons (Fsp3) is 0.652. The van der Waals surface area contributed by atoms with E-state index in [4.69, 9.17) is 0 Å². The topological polar surface area (TPSA) is 0 Å². The maximum absolute atomic E-state index is 12.9. The molecule has 0 N–H and O–H groups in total. The van der Waals surface area contributed by atoms with Gasteiger partial charge in [0.25, 0.3) is 0 Å². The number of aryl methyl sites for hydroxylation is 1. The molecule has 132 valence electrons. The smallest absolute Gasteiger partial charge is 0.123 e. The molecule has 1 aromatic carbocycles. The molecule has 2 aliphatic rings. The van der Waals surface area contributed by atoms with Gasteiger partial charge in [-0.2, -0.15) is 0 Å². The lowest BCUT2D eigenvalue weighted by atomic mass is 9.78. The Morgan fingerprint density at radius 2 is 1.58 bits per heavy atom. The molecule has 1 fully saturated rings. The third-order valence-corrected chi connectivity index (χ3v) is 6.38. The number of hydrogen-bond acceptors (Lipinski definition) is 0. The van der Waals surface area contributed by atoms with Crippen molar-refractivity contribution in [3.8, 4) is 0 Å². The molecule has 1 atom stereocenters. The standard InChI is InChI=1S/C23H33F/c1-18-2-4-19(5-3-18)6-7-20-8-10-21(11-9-20)12-13-22-14-16-23(24)17-15-22/h10,14-20H,2-9,11-13H2,1H3. The molecule has 24 heavy (non-hydrogen) atoms. The van der Waals surface area contributed by atoms with Crippen molar-refractivity contribution in [2.75, 3.05) is 0 Å². The van der Waals surface area contributed by atoms with E-state index in [0.717, 1.165) is 30.6 Å². The van der Waals surface area contributed by atoms with Crippen molar-refractivity contribution in [2.24, 2.45) is 17.8 Å². The summed E-state index contributed by atoms with van der Waals surface area (Å²) in [7, 11) is 0. The molecule has 0 aliphatic heterocycles. The summed E-state index contributed by atoms with van der Waals surface area (Å²) in [6.45, 7) is 2.41. The second-order valence-electron chi connectivity index (χ2n) is 8.33. The average molecular weight is 329 g/mol. The van der Waals surface area contributed by atoms with Crippen LogP contribution in [0.2, 0.25) is 0 Å². The number of halogens is 1. The normalized spacial score (nSPS) is 27.8. The molecule has 0 heterocycles. The van der Waals surface area contributed by atoms with E-state index in [0.29, 0.717) is 0 Å². The summed E-state index contributed by atoms with van der Waals surface area (Å²) in [6, 6.07) is 7.00. The SMILES string of the molecule is CC1CCC(CCC2CC=C(CCc3ccc(F)cc3)CC2)CC1. The van der Waals surface area contributed by atoms with Crippen LogP contribution in [0.3, 0.4) is 0 Å². The van der Waals surface area contributed by atoms with Gasteiger partial charge in [-0.15, -0.1) is 0 Å². The number of benzene rings is 1. The largest absolute Gasteiger partial charge is 0.207 e. The highest BCUT2D eigenvalue weighted by Gasteiger charge is 2.20. The Morgan fingerprint density at radius 1 is 0.875 bits per heavy atom. The van der Waals surface area contributed by atoms with Crippen molar-refractivity contribution in [3.63, 3.8) is 0 Å². The predicted octanol–water partition coefficient (Wildman–Crippen LogP) is 7.09. The molecule has 1 unspecified atom stereocenters. The van der Waals surface area contributed by atoms with Gasteiger partial charge in [0.05, 0.1) is 0 Å². The molecule has 0 spiro atoms. The second-order valence-corrected chi connectivity index (χ2v) is 8.33.